The zero-order chi connectivity index (χ0) is 17.9. The van der Waals surface area contributed by atoms with Gasteiger partial charge in [0.15, 0.2) is 0 Å². The van der Waals surface area contributed by atoms with Crippen molar-refractivity contribution in [3.8, 4) is 5.75 Å². The first-order valence-electron chi connectivity index (χ1n) is 6.55. The van der Waals surface area contributed by atoms with Gasteiger partial charge < -0.3 is 9.47 Å². The molecule has 2 rings (SSSR count). The van der Waals surface area contributed by atoms with E-state index in [4.69, 9.17) is 26.2 Å². The van der Waals surface area contributed by atoms with Crippen molar-refractivity contribution < 1.29 is 27.1 Å². The summed E-state index contributed by atoms with van der Waals surface area (Å²) in [7, 11) is -2.71. The molecule has 0 atom stereocenters. The van der Waals surface area contributed by atoms with Gasteiger partial charge in [-0.3, -0.25) is 0 Å². The van der Waals surface area contributed by atoms with Gasteiger partial charge in [0.1, 0.15) is 23.7 Å². The van der Waals surface area contributed by atoms with Gasteiger partial charge in [-0.15, -0.1) is 0 Å². The summed E-state index contributed by atoms with van der Waals surface area (Å²) in [5.41, 5.74) is -0.148. The molecular weight excluding hydrogens is 361 g/mol. The van der Waals surface area contributed by atoms with Crippen LogP contribution in [0.5, 0.6) is 5.75 Å². The number of hydrogen-bond donors (Lipinski definition) is 1. The minimum Gasteiger partial charge on any atom is -0.496 e. The smallest absolute Gasteiger partial charge is 0.342 e. The van der Waals surface area contributed by atoms with Gasteiger partial charge in [-0.2, -0.15) is 0 Å². The van der Waals surface area contributed by atoms with Crippen LogP contribution in [0.25, 0.3) is 0 Å². The predicted molar refractivity (Wildman–Crippen MR) is 84.9 cm³/mol. The van der Waals surface area contributed by atoms with E-state index in [0.717, 1.165) is 6.07 Å². The molecule has 0 spiro atoms. The summed E-state index contributed by atoms with van der Waals surface area (Å²) in [6, 6.07) is 7.54. The number of halogens is 2. The molecule has 2 aromatic carbocycles. The lowest BCUT2D eigenvalue weighted by Gasteiger charge is -2.11. The second kappa shape index (κ2) is 7.16. The van der Waals surface area contributed by atoms with E-state index in [1.165, 1.54) is 37.4 Å². The fourth-order valence-electron chi connectivity index (χ4n) is 1.91. The van der Waals surface area contributed by atoms with Crippen LogP contribution in [0.15, 0.2) is 41.3 Å². The second-order valence-electron chi connectivity index (χ2n) is 4.68. The first kappa shape index (κ1) is 18.2. The van der Waals surface area contributed by atoms with Gasteiger partial charge in [-0.1, -0.05) is 17.7 Å². The Kier molecular flexibility index (Phi) is 5.43. The highest BCUT2D eigenvalue weighted by Crippen LogP contribution is 2.25. The number of ether oxygens (including phenoxy) is 2. The highest BCUT2D eigenvalue weighted by atomic mass is 35.5. The quantitative estimate of drug-likeness (QED) is 0.812. The lowest BCUT2D eigenvalue weighted by atomic mass is 10.2. The fourth-order valence-corrected chi connectivity index (χ4v) is 2.67. The zero-order valence-electron chi connectivity index (χ0n) is 12.5. The van der Waals surface area contributed by atoms with Crippen molar-refractivity contribution >= 4 is 27.6 Å². The topological polar surface area (TPSA) is 95.7 Å². The molecule has 0 aliphatic rings. The molecular formula is C15H13ClFNO5S. The van der Waals surface area contributed by atoms with E-state index in [2.05, 4.69) is 0 Å². The van der Waals surface area contributed by atoms with Crippen LogP contribution >= 0.6 is 11.6 Å². The lowest BCUT2D eigenvalue weighted by molar-refractivity contribution is 0.0465. The van der Waals surface area contributed by atoms with Gasteiger partial charge in [0.05, 0.1) is 17.0 Å². The van der Waals surface area contributed by atoms with Crippen LogP contribution in [0, 0.1) is 5.82 Å². The maximum atomic E-state index is 13.7. The fraction of sp³-hybridized carbons (Fsp3) is 0.133. The summed E-state index contributed by atoms with van der Waals surface area (Å²) in [6.45, 7) is -0.424. The number of sulfonamides is 1. The Morgan fingerprint density at radius 2 is 2.00 bits per heavy atom. The highest BCUT2D eigenvalue weighted by Gasteiger charge is 2.19. The molecule has 0 heterocycles. The van der Waals surface area contributed by atoms with Crippen molar-refractivity contribution in [1.29, 1.82) is 0 Å². The minimum atomic E-state index is -4.01. The third kappa shape index (κ3) is 4.02. The molecule has 0 aromatic heterocycles. The van der Waals surface area contributed by atoms with Gasteiger partial charge in [-0.25, -0.2) is 22.7 Å². The number of nitrogens with two attached hydrogens (primary N) is 1. The monoisotopic (exact) mass is 373 g/mol. The van der Waals surface area contributed by atoms with Crippen LogP contribution in [0.3, 0.4) is 0 Å². The molecule has 0 saturated carbocycles. The van der Waals surface area contributed by atoms with E-state index < -0.39 is 28.4 Å². The molecule has 0 aliphatic carbocycles. The number of primary sulfonamides is 1. The average Bonchev–Trinajstić information content (AvgIpc) is 2.52. The summed E-state index contributed by atoms with van der Waals surface area (Å²) < 4.78 is 46.5. The first-order valence-corrected chi connectivity index (χ1v) is 8.47. The van der Waals surface area contributed by atoms with Crippen molar-refractivity contribution in [1.82, 2.24) is 0 Å². The molecule has 0 fully saturated rings. The van der Waals surface area contributed by atoms with Crippen molar-refractivity contribution in [2.75, 3.05) is 7.11 Å². The maximum Gasteiger partial charge on any atom is 0.342 e. The van der Waals surface area contributed by atoms with Crippen LogP contribution < -0.4 is 9.88 Å². The summed E-state index contributed by atoms with van der Waals surface area (Å²) in [4.78, 5) is 11.9. The van der Waals surface area contributed by atoms with E-state index in [9.17, 15) is 17.6 Å². The Balaban J connectivity index is 2.29. The Morgan fingerprint density at radius 1 is 1.29 bits per heavy atom. The molecule has 0 unspecified atom stereocenters. The number of rotatable bonds is 5. The lowest BCUT2D eigenvalue weighted by Crippen LogP contribution is -2.14. The molecule has 128 valence electrons. The molecule has 0 saturated heterocycles. The number of benzene rings is 2. The number of carbonyl (C=O) groups is 1. The third-order valence-corrected chi connectivity index (χ3v) is 4.39. The molecule has 0 aliphatic heterocycles. The SMILES string of the molecule is COc1ccc(S(N)(=O)=O)cc1C(=O)OCc1c(F)cccc1Cl. The number of esters is 1. The summed E-state index contributed by atoms with van der Waals surface area (Å²) >= 11 is 5.85. The molecule has 0 bridgehead atoms. The third-order valence-electron chi connectivity index (χ3n) is 3.13. The summed E-state index contributed by atoms with van der Waals surface area (Å²) in [5, 5.41) is 5.14. The molecule has 24 heavy (non-hydrogen) atoms. The summed E-state index contributed by atoms with van der Waals surface area (Å²) in [5.74, 6) is -1.44. The normalized spacial score (nSPS) is 11.2. The van der Waals surface area contributed by atoms with E-state index in [-0.39, 0.29) is 26.8 Å². The van der Waals surface area contributed by atoms with Gasteiger partial charge in [-0.05, 0) is 30.3 Å². The molecule has 0 amide bonds. The second-order valence-corrected chi connectivity index (χ2v) is 6.65. The van der Waals surface area contributed by atoms with Crippen LogP contribution in [0.4, 0.5) is 4.39 Å². The van der Waals surface area contributed by atoms with Crippen molar-refractivity contribution in [2.45, 2.75) is 11.5 Å². The highest BCUT2D eigenvalue weighted by molar-refractivity contribution is 7.89. The summed E-state index contributed by atoms with van der Waals surface area (Å²) in [6.07, 6.45) is 0. The van der Waals surface area contributed by atoms with Gasteiger partial charge in [0.25, 0.3) is 0 Å². The molecule has 2 N–H and O–H groups in total. The van der Waals surface area contributed by atoms with Gasteiger partial charge in [0.2, 0.25) is 10.0 Å². The average molecular weight is 374 g/mol. The van der Waals surface area contributed by atoms with Crippen molar-refractivity contribution in [3.63, 3.8) is 0 Å². The Bertz CT molecular complexity index is 865. The van der Waals surface area contributed by atoms with Crippen LogP contribution in [-0.2, 0) is 21.4 Å². The van der Waals surface area contributed by atoms with Crippen LogP contribution in [0.1, 0.15) is 15.9 Å². The Morgan fingerprint density at radius 3 is 2.58 bits per heavy atom. The largest absolute Gasteiger partial charge is 0.496 e. The van der Waals surface area contributed by atoms with E-state index in [0.29, 0.717) is 0 Å². The predicted octanol–water partition coefficient (Wildman–Crippen LogP) is 2.49. The number of hydrogen-bond acceptors (Lipinski definition) is 5. The van der Waals surface area contributed by atoms with E-state index >= 15 is 0 Å². The van der Waals surface area contributed by atoms with Gasteiger partial charge >= 0.3 is 5.97 Å². The molecule has 9 heteroatoms. The Labute approximate surface area is 143 Å². The standard InChI is InChI=1S/C15H13ClFNO5S/c1-22-14-6-5-9(24(18,20)21)7-10(14)15(19)23-8-11-12(16)3-2-4-13(11)17/h2-7H,8H2,1H3,(H2,18,20,21). The van der Waals surface area contributed by atoms with E-state index in [1.807, 2.05) is 0 Å². The van der Waals surface area contributed by atoms with Crippen molar-refractivity contribution in [2.24, 2.45) is 5.14 Å². The molecule has 0 radical (unpaired) electrons. The number of carbonyl (C=O) groups excluding carboxylic acids is 1. The first-order chi connectivity index (χ1) is 11.2. The van der Waals surface area contributed by atoms with Crippen molar-refractivity contribution in [3.05, 3.63) is 58.4 Å². The molecule has 2 aromatic rings. The molecule has 6 nitrogen and oxygen atoms in total. The van der Waals surface area contributed by atoms with Crippen LogP contribution in [-0.4, -0.2) is 21.5 Å². The minimum absolute atomic E-state index is 0.00841. The van der Waals surface area contributed by atoms with E-state index in [1.54, 1.807) is 0 Å². The van der Waals surface area contributed by atoms with Crippen LogP contribution in [0.2, 0.25) is 5.02 Å². The maximum absolute atomic E-state index is 13.7. The van der Waals surface area contributed by atoms with Gasteiger partial charge in [0, 0.05) is 5.56 Å². The number of methoxy groups -OCH3 is 1. The Hall–Kier alpha value is -2.16. The zero-order valence-corrected chi connectivity index (χ0v) is 14.0.